The molecule has 4 atom stereocenters. The van der Waals surface area contributed by atoms with Gasteiger partial charge >= 0.3 is 5.97 Å². The number of carbonyl (C=O) groups excluding carboxylic acids is 2. The highest BCUT2D eigenvalue weighted by Crippen LogP contribution is 2.36. The number of aliphatic carboxylic acids is 1. The monoisotopic (exact) mass is 527 g/mol. The van der Waals surface area contributed by atoms with Gasteiger partial charge in [0.05, 0.1) is 12.8 Å². The van der Waals surface area contributed by atoms with Crippen molar-refractivity contribution in [1.82, 2.24) is 9.88 Å². The maximum atomic E-state index is 14.1. The number of anilines is 1. The molecule has 1 aliphatic carbocycles. The van der Waals surface area contributed by atoms with E-state index >= 15 is 0 Å². The van der Waals surface area contributed by atoms with Crippen LogP contribution < -0.4 is 15.4 Å². The summed E-state index contributed by atoms with van der Waals surface area (Å²) in [6.45, 7) is 1.77. The molecule has 0 spiro atoms. The van der Waals surface area contributed by atoms with Crippen LogP contribution in [0, 0.1) is 5.82 Å². The summed E-state index contributed by atoms with van der Waals surface area (Å²) in [6.07, 6.45) is -2.65. The smallest absolute Gasteiger partial charge is 0.326 e. The number of nitrogens with zero attached hydrogens (tertiary/aromatic N) is 1. The van der Waals surface area contributed by atoms with E-state index in [1.807, 2.05) is 0 Å². The average Bonchev–Trinajstić information content (AvgIpc) is 3.21. The topological polar surface area (TPSA) is 150 Å². The second kappa shape index (κ2) is 11.2. The second-order valence-corrected chi connectivity index (χ2v) is 9.25. The molecule has 0 bridgehead atoms. The number of aromatic nitrogens is 1. The number of carboxylic acid groups (broad SMARTS) is 1. The number of carbonyl (C=O) groups is 3. The third-order valence-electron chi connectivity index (χ3n) is 6.89. The van der Waals surface area contributed by atoms with Gasteiger partial charge in [-0.25, -0.2) is 9.18 Å². The minimum Gasteiger partial charge on any atom is -0.495 e. The molecule has 1 unspecified atom stereocenters. The Morgan fingerprint density at radius 2 is 1.84 bits per heavy atom. The molecule has 5 N–H and O–H groups in total. The largest absolute Gasteiger partial charge is 0.495 e. The second-order valence-electron chi connectivity index (χ2n) is 9.25. The molecule has 1 heterocycles. The van der Waals surface area contributed by atoms with Crippen molar-refractivity contribution in [3.63, 3.8) is 0 Å². The molecule has 0 saturated heterocycles. The van der Waals surface area contributed by atoms with Crippen LogP contribution in [0.15, 0.2) is 42.5 Å². The Morgan fingerprint density at radius 3 is 2.53 bits per heavy atom. The van der Waals surface area contributed by atoms with Gasteiger partial charge in [0, 0.05) is 22.6 Å². The van der Waals surface area contributed by atoms with Gasteiger partial charge in [-0.3, -0.25) is 9.59 Å². The maximum absolute atomic E-state index is 14.1. The van der Waals surface area contributed by atoms with E-state index in [1.54, 1.807) is 41.8 Å². The number of hydrogen-bond acceptors (Lipinski definition) is 6. The standard InChI is InChI=1S/C27H30FN3O7/c1-3-19(27(36)37)31-20-10-8-14(28)12-16(20)17-13-15(9-11-21(17)31)29-25(34)23(32)24(33)26(35)30-18-6-4-5-7-22(18)38-2/h4-8,10,12,15,19,23-24,32-33H,3,9,11,13H2,1-2H3,(H,29,34)(H,30,35)(H,36,37)/t15-,19?,23+,24+/m0/s1. The lowest BCUT2D eigenvalue weighted by molar-refractivity contribution is -0.143. The summed E-state index contributed by atoms with van der Waals surface area (Å²) >= 11 is 0. The quantitative estimate of drug-likeness (QED) is 0.286. The molecule has 2 amide bonds. The summed E-state index contributed by atoms with van der Waals surface area (Å²) in [6, 6.07) is 9.37. The zero-order valence-electron chi connectivity index (χ0n) is 21.0. The number of aliphatic hydroxyl groups is 2. The number of para-hydroxylation sites is 2. The first kappa shape index (κ1) is 27.1. The lowest BCUT2D eigenvalue weighted by atomic mass is 9.91. The first-order valence-electron chi connectivity index (χ1n) is 12.3. The number of carboxylic acids is 1. The minimum absolute atomic E-state index is 0.264. The van der Waals surface area contributed by atoms with Crippen LogP contribution in [0.5, 0.6) is 5.75 Å². The fraction of sp³-hybridized carbons (Fsp3) is 0.370. The molecule has 0 radical (unpaired) electrons. The molecule has 38 heavy (non-hydrogen) atoms. The van der Waals surface area contributed by atoms with Crippen LogP contribution in [0.1, 0.15) is 37.1 Å². The van der Waals surface area contributed by atoms with Crippen molar-refractivity contribution in [3.05, 3.63) is 59.5 Å². The van der Waals surface area contributed by atoms with E-state index in [0.29, 0.717) is 35.9 Å². The van der Waals surface area contributed by atoms with Crippen molar-refractivity contribution in [1.29, 1.82) is 0 Å². The fourth-order valence-electron chi connectivity index (χ4n) is 5.04. The zero-order valence-corrected chi connectivity index (χ0v) is 21.0. The summed E-state index contributed by atoms with van der Waals surface area (Å²) in [5.74, 6) is -3.04. The lowest BCUT2D eigenvalue weighted by Crippen LogP contribution is -2.51. The van der Waals surface area contributed by atoms with Crippen LogP contribution in [-0.2, 0) is 27.2 Å². The summed E-state index contributed by atoms with van der Waals surface area (Å²) in [5.41, 5.74) is 2.35. The molecular weight excluding hydrogens is 497 g/mol. The van der Waals surface area contributed by atoms with E-state index in [0.717, 1.165) is 11.3 Å². The molecule has 4 rings (SSSR count). The minimum atomic E-state index is -2.05. The Morgan fingerprint density at radius 1 is 1.13 bits per heavy atom. The number of ether oxygens (including phenoxy) is 1. The maximum Gasteiger partial charge on any atom is 0.326 e. The molecule has 3 aromatic rings. The van der Waals surface area contributed by atoms with E-state index in [9.17, 15) is 34.1 Å². The highest BCUT2D eigenvalue weighted by atomic mass is 19.1. The van der Waals surface area contributed by atoms with Crippen LogP contribution in [0.4, 0.5) is 10.1 Å². The third-order valence-corrected chi connectivity index (χ3v) is 6.89. The highest BCUT2D eigenvalue weighted by molar-refractivity contribution is 5.99. The molecule has 0 fully saturated rings. The van der Waals surface area contributed by atoms with Gasteiger partial charge in [-0.15, -0.1) is 0 Å². The third kappa shape index (κ3) is 5.20. The Labute approximate surface area is 218 Å². The van der Waals surface area contributed by atoms with Gasteiger partial charge < -0.3 is 35.3 Å². The van der Waals surface area contributed by atoms with Crippen LogP contribution >= 0.6 is 0 Å². The fourth-order valence-corrected chi connectivity index (χ4v) is 5.04. The number of amides is 2. The van der Waals surface area contributed by atoms with Gasteiger partial charge in [-0.2, -0.15) is 0 Å². The molecule has 202 valence electrons. The molecule has 11 heteroatoms. The molecule has 1 aromatic heterocycles. The predicted molar refractivity (Wildman–Crippen MR) is 136 cm³/mol. The van der Waals surface area contributed by atoms with Crippen molar-refractivity contribution in [2.75, 3.05) is 12.4 Å². The van der Waals surface area contributed by atoms with Crippen molar-refractivity contribution in [2.24, 2.45) is 0 Å². The number of rotatable bonds is 9. The normalized spacial score (nSPS) is 17.2. The zero-order chi connectivity index (χ0) is 27.6. The van der Waals surface area contributed by atoms with Crippen molar-refractivity contribution in [3.8, 4) is 5.75 Å². The molecule has 10 nitrogen and oxygen atoms in total. The highest BCUT2D eigenvalue weighted by Gasteiger charge is 2.35. The lowest BCUT2D eigenvalue weighted by Gasteiger charge is -2.27. The van der Waals surface area contributed by atoms with E-state index < -0.39 is 47.9 Å². The van der Waals surface area contributed by atoms with Crippen molar-refractivity contribution in [2.45, 2.75) is 56.9 Å². The van der Waals surface area contributed by atoms with Gasteiger partial charge in [0.25, 0.3) is 11.8 Å². The predicted octanol–water partition coefficient (Wildman–Crippen LogP) is 2.16. The molecular formula is C27H30FN3O7. The van der Waals surface area contributed by atoms with Crippen molar-refractivity contribution >= 4 is 34.4 Å². The summed E-state index contributed by atoms with van der Waals surface area (Å²) < 4.78 is 21.0. The van der Waals surface area contributed by atoms with Crippen molar-refractivity contribution < 1.29 is 38.8 Å². The molecule has 2 aromatic carbocycles. The van der Waals surface area contributed by atoms with Gasteiger partial charge in [0.1, 0.15) is 17.6 Å². The molecule has 0 saturated carbocycles. The van der Waals surface area contributed by atoms with E-state index in [4.69, 9.17) is 4.74 Å². The Kier molecular flexibility index (Phi) is 7.98. The number of aliphatic hydroxyl groups excluding tert-OH is 2. The molecule has 0 aliphatic heterocycles. The molecule has 1 aliphatic rings. The van der Waals surface area contributed by atoms with Crippen LogP contribution in [-0.4, -0.2) is 63.0 Å². The van der Waals surface area contributed by atoms with Crippen LogP contribution in [0.3, 0.4) is 0 Å². The number of methoxy groups -OCH3 is 1. The van der Waals surface area contributed by atoms with Crippen LogP contribution in [0.25, 0.3) is 10.9 Å². The Bertz CT molecular complexity index is 1370. The van der Waals surface area contributed by atoms with E-state index in [2.05, 4.69) is 10.6 Å². The van der Waals surface area contributed by atoms with Gasteiger partial charge in [-0.05, 0) is 61.6 Å². The van der Waals surface area contributed by atoms with E-state index in [-0.39, 0.29) is 12.1 Å². The number of fused-ring (bicyclic) bond motifs is 3. The number of hydrogen-bond donors (Lipinski definition) is 5. The van der Waals surface area contributed by atoms with Crippen LogP contribution in [0.2, 0.25) is 0 Å². The Hall–Kier alpha value is -3.96. The summed E-state index contributed by atoms with van der Waals surface area (Å²) in [7, 11) is 1.41. The number of benzene rings is 2. The van der Waals surface area contributed by atoms with Gasteiger partial charge in [-0.1, -0.05) is 19.1 Å². The number of nitrogens with one attached hydrogen (secondary N) is 2. The van der Waals surface area contributed by atoms with Gasteiger partial charge in [0.15, 0.2) is 12.2 Å². The number of halogens is 1. The summed E-state index contributed by atoms with van der Waals surface area (Å²) in [5, 5.41) is 36.1. The summed E-state index contributed by atoms with van der Waals surface area (Å²) in [4.78, 5) is 37.1. The Balaban J connectivity index is 1.50. The first-order valence-corrected chi connectivity index (χ1v) is 12.3. The van der Waals surface area contributed by atoms with Gasteiger partial charge in [0.2, 0.25) is 0 Å². The first-order chi connectivity index (χ1) is 18.2. The van der Waals surface area contributed by atoms with E-state index in [1.165, 1.54) is 19.2 Å². The SMILES string of the molecule is CCC(C(=O)O)n1c2c(c3cc(F)ccc31)C[C@@H](NC(=O)[C@H](O)[C@@H](O)C(=O)Nc1ccccc1OC)CC2. The average molecular weight is 528 g/mol.